The van der Waals surface area contributed by atoms with Crippen molar-refractivity contribution in [2.24, 2.45) is 0 Å². The third-order valence-electron chi connectivity index (χ3n) is 3.24. The maximum absolute atomic E-state index is 11.5. The Kier molecular flexibility index (Phi) is 4.38. The Morgan fingerprint density at radius 3 is 2.24 bits per heavy atom. The van der Waals surface area contributed by atoms with Gasteiger partial charge in [-0.05, 0) is 43.7 Å². The van der Waals surface area contributed by atoms with E-state index in [1.165, 1.54) is 6.92 Å². The second-order valence-corrected chi connectivity index (χ2v) is 4.78. The molecule has 1 unspecified atom stereocenters. The molecule has 0 saturated carbocycles. The van der Waals surface area contributed by atoms with E-state index in [9.17, 15) is 9.59 Å². The topological polar surface area (TPSA) is 63.6 Å². The molecule has 108 valence electrons. The number of carboxylic acids is 1. The van der Waals surface area contributed by atoms with Gasteiger partial charge in [-0.25, -0.2) is 0 Å². The second kappa shape index (κ2) is 6.22. The lowest BCUT2D eigenvalue weighted by Gasteiger charge is -2.11. The maximum Gasteiger partial charge on any atom is 0.310 e. The molecule has 0 amide bonds. The van der Waals surface area contributed by atoms with E-state index in [1.54, 1.807) is 55.5 Å². The molecular formula is C17H16O4. The first-order valence-corrected chi connectivity index (χ1v) is 6.59. The highest BCUT2D eigenvalue weighted by Gasteiger charge is 2.14. The van der Waals surface area contributed by atoms with Crippen molar-refractivity contribution in [3.63, 3.8) is 0 Å². The van der Waals surface area contributed by atoms with Gasteiger partial charge in [0, 0.05) is 0 Å². The average molecular weight is 284 g/mol. The number of carbonyl (C=O) groups excluding carboxylic acids is 1. The van der Waals surface area contributed by atoms with E-state index < -0.39 is 11.9 Å². The molecule has 21 heavy (non-hydrogen) atoms. The molecule has 0 aliphatic carbocycles. The lowest BCUT2D eigenvalue weighted by atomic mass is 10.0. The summed E-state index contributed by atoms with van der Waals surface area (Å²) in [6.45, 7) is 3.11. The molecule has 0 saturated heterocycles. The number of hydrogen-bond acceptors (Lipinski definition) is 3. The summed E-state index contributed by atoms with van der Waals surface area (Å²) in [5, 5.41) is 8.97. The Morgan fingerprint density at radius 1 is 1.05 bits per heavy atom. The summed E-state index contributed by atoms with van der Waals surface area (Å²) < 4.78 is 5.70. The first-order valence-electron chi connectivity index (χ1n) is 6.59. The second-order valence-electron chi connectivity index (χ2n) is 4.78. The first kappa shape index (κ1) is 14.8. The lowest BCUT2D eigenvalue weighted by molar-refractivity contribution is -0.138. The fraction of sp³-hybridized carbons (Fsp3) is 0.176. The van der Waals surface area contributed by atoms with E-state index in [4.69, 9.17) is 9.84 Å². The van der Waals surface area contributed by atoms with Gasteiger partial charge in [0.25, 0.3) is 0 Å². The van der Waals surface area contributed by atoms with Crippen molar-refractivity contribution in [1.29, 1.82) is 0 Å². The average Bonchev–Trinajstić information content (AvgIpc) is 2.47. The molecule has 0 fully saturated rings. The fourth-order valence-electron chi connectivity index (χ4n) is 1.94. The molecule has 2 aromatic carbocycles. The summed E-state index contributed by atoms with van der Waals surface area (Å²) in [4.78, 5) is 22.5. The Hall–Kier alpha value is -2.62. The van der Waals surface area contributed by atoms with Crippen LogP contribution in [0.1, 0.15) is 35.7 Å². The third kappa shape index (κ3) is 3.48. The van der Waals surface area contributed by atoms with Gasteiger partial charge < -0.3 is 9.84 Å². The van der Waals surface area contributed by atoms with Gasteiger partial charge in [-0.3, -0.25) is 9.59 Å². The minimum absolute atomic E-state index is 0.0679. The van der Waals surface area contributed by atoms with Gasteiger partial charge in [0.2, 0.25) is 0 Å². The molecule has 2 rings (SSSR count). The number of benzene rings is 2. The molecule has 0 bridgehead atoms. The van der Waals surface area contributed by atoms with E-state index in [0.717, 1.165) is 0 Å². The maximum atomic E-state index is 11.5. The van der Waals surface area contributed by atoms with Crippen LogP contribution in [-0.4, -0.2) is 16.9 Å². The van der Waals surface area contributed by atoms with Gasteiger partial charge in [-0.1, -0.05) is 24.3 Å². The first-order chi connectivity index (χ1) is 9.99. The zero-order valence-corrected chi connectivity index (χ0v) is 11.9. The Balaban J connectivity index is 2.22. The van der Waals surface area contributed by atoms with E-state index >= 15 is 0 Å². The smallest absolute Gasteiger partial charge is 0.310 e. The SMILES string of the molecule is CC(=O)c1ccccc1Oc1ccc(C(C)C(=O)O)cc1. The number of para-hydroxylation sites is 1. The number of carbonyl (C=O) groups is 2. The molecular weight excluding hydrogens is 268 g/mol. The molecule has 4 heteroatoms. The summed E-state index contributed by atoms with van der Waals surface area (Å²) in [5.74, 6) is -0.454. The van der Waals surface area contributed by atoms with Crippen molar-refractivity contribution in [2.75, 3.05) is 0 Å². The van der Waals surface area contributed by atoms with Crippen LogP contribution in [0.3, 0.4) is 0 Å². The largest absolute Gasteiger partial charge is 0.481 e. The quantitative estimate of drug-likeness (QED) is 0.846. The van der Waals surface area contributed by atoms with Crippen LogP contribution in [0, 0.1) is 0 Å². The molecule has 1 atom stereocenters. The van der Waals surface area contributed by atoms with Crippen LogP contribution in [0.5, 0.6) is 11.5 Å². The van der Waals surface area contributed by atoms with Crippen molar-refractivity contribution in [3.05, 3.63) is 59.7 Å². The van der Waals surface area contributed by atoms with Crippen molar-refractivity contribution < 1.29 is 19.4 Å². The highest BCUT2D eigenvalue weighted by Crippen LogP contribution is 2.27. The summed E-state index contributed by atoms with van der Waals surface area (Å²) >= 11 is 0. The molecule has 0 aromatic heterocycles. The van der Waals surface area contributed by atoms with Gasteiger partial charge in [0.15, 0.2) is 5.78 Å². The zero-order chi connectivity index (χ0) is 15.4. The number of rotatable bonds is 5. The standard InChI is InChI=1S/C17H16O4/c1-11(17(19)20)13-7-9-14(10-8-13)21-16-6-4-3-5-15(16)12(2)18/h3-11H,1-2H3,(H,19,20). The van der Waals surface area contributed by atoms with E-state index in [-0.39, 0.29) is 5.78 Å². The number of hydrogen-bond donors (Lipinski definition) is 1. The molecule has 2 aromatic rings. The third-order valence-corrected chi connectivity index (χ3v) is 3.24. The molecule has 0 heterocycles. The number of ketones is 1. The van der Waals surface area contributed by atoms with Crippen LogP contribution in [0.15, 0.2) is 48.5 Å². The Labute approximate surface area is 123 Å². The molecule has 4 nitrogen and oxygen atoms in total. The van der Waals surface area contributed by atoms with Gasteiger partial charge in [-0.15, -0.1) is 0 Å². The van der Waals surface area contributed by atoms with Gasteiger partial charge >= 0.3 is 5.97 Å². The summed E-state index contributed by atoms with van der Waals surface area (Å²) in [7, 11) is 0. The monoisotopic (exact) mass is 284 g/mol. The molecule has 0 aliphatic heterocycles. The van der Waals surface area contributed by atoms with Crippen LogP contribution in [0.2, 0.25) is 0 Å². The normalized spacial score (nSPS) is 11.7. The molecule has 1 N–H and O–H groups in total. The Morgan fingerprint density at radius 2 is 1.67 bits per heavy atom. The van der Waals surface area contributed by atoms with Gasteiger partial charge in [-0.2, -0.15) is 0 Å². The predicted molar refractivity (Wildman–Crippen MR) is 79.0 cm³/mol. The van der Waals surface area contributed by atoms with Crippen LogP contribution in [0.4, 0.5) is 0 Å². The molecule has 0 aliphatic rings. The van der Waals surface area contributed by atoms with Gasteiger partial charge in [0.05, 0.1) is 11.5 Å². The van der Waals surface area contributed by atoms with Gasteiger partial charge in [0.1, 0.15) is 11.5 Å². The lowest BCUT2D eigenvalue weighted by Crippen LogP contribution is -2.07. The summed E-state index contributed by atoms with van der Waals surface area (Å²) in [5.41, 5.74) is 1.22. The molecule has 0 radical (unpaired) electrons. The van der Waals surface area contributed by atoms with E-state index in [1.807, 2.05) is 0 Å². The van der Waals surface area contributed by atoms with Crippen molar-refractivity contribution in [1.82, 2.24) is 0 Å². The predicted octanol–water partition coefficient (Wildman–Crippen LogP) is 3.87. The van der Waals surface area contributed by atoms with Crippen LogP contribution in [0.25, 0.3) is 0 Å². The minimum atomic E-state index is -0.870. The summed E-state index contributed by atoms with van der Waals surface area (Å²) in [6, 6.07) is 13.8. The van der Waals surface area contributed by atoms with Crippen LogP contribution in [-0.2, 0) is 4.79 Å². The highest BCUT2D eigenvalue weighted by atomic mass is 16.5. The van der Waals surface area contributed by atoms with Crippen molar-refractivity contribution in [2.45, 2.75) is 19.8 Å². The fourth-order valence-corrected chi connectivity index (χ4v) is 1.94. The van der Waals surface area contributed by atoms with Crippen LogP contribution >= 0.6 is 0 Å². The summed E-state index contributed by atoms with van der Waals surface area (Å²) in [6.07, 6.45) is 0. The number of ether oxygens (including phenoxy) is 1. The molecule has 0 spiro atoms. The number of aliphatic carboxylic acids is 1. The highest BCUT2D eigenvalue weighted by molar-refractivity contribution is 5.96. The van der Waals surface area contributed by atoms with E-state index in [2.05, 4.69) is 0 Å². The zero-order valence-electron chi connectivity index (χ0n) is 11.9. The van der Waals surface area contributed by atoms with Crippen molar-refractivity contribution >= 4 is 11.8 Å². The number of Topliss-reactive ketones (excluding diaryl/α,β-unsaturated/α-hetero) is 1. The van der Waals surface area contributed by atoms with Crippen molar-refractivity contribution in [3.8, 4) is 11.5 Å². The van der Waals surface area contributed by atoms with Crippen LogP contribution < -0.4 is 4.74 Å². The van der Waals surface area contributed by atoms with E-state index in [0.29, 0.717) is 22.6 Å². The minimum Gasteiger partial charge on any atom is -0.481 e. The number of carboxylic acid groups (broad SMARTS) is 1. The Bertz CT molecular complexity index is 659.